The molecule has 162 valence electrons. The third kappa shape index (κ3) is 3.30. The van der Waals surface area contributed by atoms with Crippen molar-refractivity contribution in [3.05, 3.63) is 41.2 Å². The highest BCUT2D eigenvalue weighted by Gasteiger charge is 2.54. The van der Waals surface area contributed by atoms with Gasteiger partial charge in [0.15, 0.2) is 0 Å². The van der Waals surface area contributed by atoms with Crippen molar-refractivity contribution in [2.45, 2.75) is 38.1 Å². The van der Waals surface area contributed by atoms with Crippen LogP contribution in [-0.4, -0.2) is 60.1 Å². The number of ether oxygens (including phenoxy) is 1. The van der Waals surface area contributed by atoms with Gasteiger partial charge in [0.2, 0.25) is 15.9 Å². The van der Waals surface area contributed by atoms with Gasteiger partial charge in [-0.1, -0.05) is 12.1 Å². The molecule has 1 amide bonds. The summed E-state index contributed by atoms with van der Waals surface area (Å²) in [6, 6.07) is 7.71. The highest BCUT2D eigenvalue weighted by atomic mass is 32.2. The number of carbonyl (C=O) groups is 1. The van der Waals surface area contributed by atoms with E-state index in [4.69, 9.17) is 4.74 Å². The van der Waals surface area contributed by atoms with Crippen LogP contribution >= 0.6 is 0 Å². The third-order valence-electron chi connectivity index (χ3n) is 6.49. The summed E-state index contributed by atoms with van der Waals surface area (Å²) < 4.78 is 34.6. The number of likely N-dealkylation sites (tertiary alicyclic amines) is 1. The van der Waals surface area contributed by atoms with Crippen LogP contribution in [0.4, 0.5) is 0 Å². The van der Waals surface area contributed by atoms with Crippen LogP contribution in [-0.2, 0) is 28.4 Å². The smallest absolute Gasteiger partial charge is 0.246 e. The molecule has 9 heteroatoms. The minimum Gasteiger partial charge on any atom is -0.497 e. The molecular formula is C21H28N4O4S. The molecule has 2 fully saturated rings. The number of methoxy groups -OCH3 is 1. The fourth-order valence-corrected chi connectivity index (χ4v) is 6.45. The van der Waals surface area contributed by atoms with E-state index >= 15 is 0 Å². The zero-order valence-electron chi connectivity index (χ0n) is 17.9. The lowest BCUT2D eigenvalue weighted by Gasteiger charge is -2.52. The summed E-state index contributed by atoms with van der Waals surface area (Å²) in [5.41, 5.74) is 1.79. The van der Waals surface area contributed by atoms with Gasteiger partial charge < -0.3 is 9.64 Å². The maximum Gasteiger partial charge on any atom is 0.246 e. The van der Waals surface area contributed by atoms with E-state index in [0.29, 0.717) is 55.3 Å². The van der Waals surface area contributed by atoms with Crippen LogP contribution in [0.1, 0.15) is 29.8 Å². The Bertz CT molecular complexity index is 1070. The van der Waals surface area contributed by atoms with E-state index in [1.165, 1.54) is 4.31 Å². The van der Waals surface area contributed by atoms with E-state index < -0.39 is 15.4 Å². The van der Waals surface area contributed by atoms with Crippen LogP contribution < -0.4 is 4.74 Å². The highest BCUT2D eigenvalue weighted by molar-refractivity contribution is 7.89. The molecule has 3 heterocycles. The predicted molar refractivity (Wildman–Crippen MR) is 112 cm³/mol. The number of piperidine rings is 1. The quantitative estimate of drug-likeness (QED) is 0.674. The van der Waals surface area contributed by atoms with Crippen LogP contribution in [0.15, 0.2) is 29.2 Å². The van der Waals surface area contributed by atoms with Crippen molar-refractivity contribution in [3.8, 4) is 5.75 Å². The van der Waals surface area contributed by atoms with Crippen LogP contribution in [0.3, 0.4) is 0 Å². The molecule has 0 saturated carbocycles. The van der Waals surface area contributed by atoms with Crippen molar-refractivity contribution < 1.29 is 17.9 Å². The first-order chi connectivity index (χ1) is 14.2. The SMILES string of the molecule is COc1ccc(CN2CC3(CCN(S(=O)(=O)c4c(C)nn(C)c4C)CC3)C2=O)cc1. The van der Waals surface area contributed by atoms with Gasteiger partial charge in [-0.25, -0.2) is 8.42 Å². The molecule has 2 aliphatic heterocycles. The Morgan fingerprint density at radius 3 is 2.27 bits per heavy atom. The Hall–Kier alpha value is -2.39. The van der Waals surface area contributed by atoms with E-state index in [2.05, 4.69) is 5.10 Å². The first kappa shape index (κ1) is 20.9. The van der Waals surface area contributed by atoms with Crippen LogP contribution in [0, 0.1) is 19.3 Å². The van der Waals surface area contributed by atoms with Crippen LogP contribution in [0.25, 0.3) is 0 Å². The third-order valence-corrected chi connectivity index (χ3v) is 8.64. The molecule has 0 unspecified atom stereocenters. The number of amides is 1. The molecule has 1 spiro atoms. The molecule has 0 N–H and O–H groups in total. The number of aromatic nitrogens is 2. The minimum atomic E-state index is -3.61. The van der Waals surface area contributed by atoms with E-state index in [1.54, 1.807) is 32.7 Å². The van der Waals surface area contributed by atoms with Crippen molar-refractivity contribution in [1.29, 1.82) is 0 Å². The molecule has 30 heavy (non-hydrogen) atoms. The second-order valence-corrected chi connectivity index (χ2v) is 10.2. The largest absolute Gasteiger partial charge is 0.497 e. The fraction of sp³-hybridized carbons (Fsp3) is 0.524. The summed E-state index contributed by atoms with van der Waals surface area (Å²) in [5, 5.41) is 4.24. The summed E-state index contributed by atoms with van der Waals surface area (Å²) >= 11 is 0. The molecule has 2 aromatic rings. The average molecular weight is 433 g/mol. The Morgan fingerprint density at radius 1 is 1.13 bits per heavy atom. The van der Waals surface area contributed by atoms with E-state index in [9.17, 15) is 13.2 Å². The van der Waals surface area contributed by atoms with Crippen molar-refractivity contribution in [3.63, 3.8) is 0 Å². The topological polar surface area (TPSA) is 84.7 Å². The van der Waals surface area contributed by atoms with Crippen LogP contribution in [0.5, 0.6) is 5.75 Å². The molecule has 8 nitrogen and oxygen atoms in total. The van der Waals surface area contributed by atoms with Gasteiger partial charge in [-0.2, -0.15) is 9.40 Å². The van der Waals surface area contributed by atoms with Gasteiger partial charge in [0, 0.05) is 33.2 Å². The van der Waals surface area contributed by atoms with Gasteiger partial charge in [0.1, 0.15) is 10.6 Å². The number of nitrogens with zero attached hydrogens (tertiary/aromatic N) is 4. The lowest BCUT2D eigenvalue weighted by molar-refractivity contribution is -0.165. The lowest BCUT2D eigenvalue weighted by Crippen LogP contribution is -2.64. The number of benzene rings is 1. The Morgan fingerprint density at radius 2 is 1.77 bits per heavy atom. The van der Waals surface area contributed by atoms with Crippen LogP contribution in [0.2, 0.25) is 0 Å². The van der Waals surface area contributed by atoms with Gasteiger partial charge in [0.25, 0.3) is 0 Å². The molecule has 0 atom stereocenters. The first-order valence-corrected chi connectivity index (χ1v) is 11.5. The lowest BCUT2D eigenvalue weighted by atomic mass is 9.71. The van der Waals surface area contributed by atoms with Gasteiger partial charge >= 0.3 is 0 Å². The molecule has 0 bridgehead atoms. The summed E-state index contributed by atoms with van der Waals surface area (Å²) in [6.07, 6.45) is 1.12. The standard InChI is InChI=1S/C21H28N4O4S/c1-15-19(16(2)23(3)22-15)30(27,28)25-11-9-21(10-12-25)14-24(20(21)26)13-17-5-7-18(29-4)8-6-17/h5-8H,9-14H2,1-4H3. The Kier molecular flexibility index (Phi) is 5.14. The molecule has 4 rings (SSSR count). The molecule has 1 aromatic carbocycles. The fourth-order valence-electron chi connectivity index (χ4n) is 4.61. The number of rotatable bonds is 5. The van der Waals surface area contributed by atoms with Gasteiger partial charge in [-0.15, -0.1) is 0 Å². The maximum absolute atomic E-state index is 13.2. The van der Waals surface area contributed by atoms with E-state index in [-0.39, 0.29) is 5.91 Å². The maximum atomic E-state index is 13.2. The van der Waals surface area contributed by atoms with Gasteiger partial charge in [-0.05, 0) is 44.4 Å². The molecule has 1 aromatic heterocycles. The minimum absolute atomic E-state index is 0.129. The molecule has 0 aliphatic carbocycles. The summed E-state index contributed by atoms with van der Waals surface area (Å²) in [4.78, 5) is 15.1. The van der Waals surface area contributed by atoms with Crippen molar-refractivity contribution >= 4 is 15.9 Å². The van der Waals surface area contributed by atoms with Gasteiger partial charge in [-0.3, -0.25) is 9.48 Å². The summed E-state index contributed by atoms with van der Waals surface area (Å²) in [6.45, 7) is 5.45. The second kappa shape index (κ2) is 7.39. The van der Waals surface area contributed by atoms with E-state index in [0.717, 1.165) is 11.3 Å². The number of β-lactam (4-membered cyclic amide) rings is 1. The molecular weight excluding hydrogens is 404 g/mol. The van der Waals surface area contributed by atoms with E-state index in [1.807, 2.05) is 29.2 Å². The number of hydrogen-bond donors (Lipinski definition) is 0. The highest BCUT2D eigenvalue weighted by Crippen LogP contribution is 2.43. The number of sulfonamides is 1. The molecule has 0 radical (unpaired) electrons. The first-order valence-electron chi connectivity index (χ1n) is 10.1. The van der Waals surface area contributed by atoms with Gasteiger partial charge in [0.05, 0.1) is 23.9 Å². The Labute approximate surface area is 177 Å². The number of hydrogen-bond acceptors (Lipinski definition) is 5. The average Bonchev–Trinajstić information content (AvgIpc) is 3.00. The number of aryl methyl sites for hydroxylation is 2. The monoisotopic (exact) mass is 432 g/mol. The zero-order chi connectivity index (χ0) is 21.7. The van der Waals surface area contributed by atoms with Crippen molar-refractivity contribution in [1.82, 2.24) is 19.0 Å². The molecule has 2 aliphatic rings. The number of carbonyl (C=O) groups excluding carboxylic acids is 1. The summed E-state index contributed by atoms with van der Waals surface area (Å²) in [7, 11) is -0.237. The zero-order valence-corrected chi connectivity index (χ0v) is 18.7. The molecule has 2 saturated heterocycles. The normalized spacial score (nSPS) is 19.2. The predicted octanol–water partition coefficient (Wildman–Crippen LogP) is 1.86. The summed E-state index contributed by atoms with van der Waals surface area (Å²) in [5.74, 6) is 0.918. The van der Waals surface area contributed by atoms with Crippen molar-refractivity contribution in [2.24, 2.45) is 12.5 Å². The second-order valence-electron chi connectivity index (χ2n) is 8.32. The van der Waals surface area contributed by atoms with Crippen molar-refractivity contribution in [2.75, 3.05) is 26.7 Å². The Balaban J connectivity index is 1.40.